The second-order valence-electron chi connectivity index (χ2n) is 11.2. The smallest absolute Gasteiger partial charge is 0.255 e. The summed E-state index contributed by atoms with van der Waals surface area (Å²) in [6.07, 6.45) is 0.995. The summed E-state index contributed by atoms with van der Waals surface area (Å²) in [5.74, 6) is 0.738. The minimum absolute atomic E-state index is 0.0938. The zero-order chi connectivity index (χ0) is 28.9. The van der Waals surface area contributed by atoms with Crippen molar-refractivity contribution in [1.29, 1.82) is 0 Å². The molecule has 2 fully saturated rings. The Labute approximate surface area is 243 Å². The Kier molecular flexibility index (Phi) is 8.90. The first-order valence-corrected chi connectivity index (χ1v) is 14.4. The highest BCUT2D eigenvalue weighted by atomic mass is 16.5. The van der Waals surface area contributed by atoms with E-state index < -0.39 is 0 Å². The molecule has 3 aromatic carbocycles. The number of piperazine rings is 1. The molecule has 0 radical (unpaired) electrons. The molecule has 0 aromatic heterocycles. The van der Waals surface area contributed by atoms with Crippen molar-refractivity contribution in [3.05, 3.63) is 77.4 Å². The number of carbonyl (C=O) groups excluding carboxylic acids is 2. The largest absolute Gasteiger partial charge is 0.495 e. The molecule has 2 heterocycles. The molecule has 2 aliphatic rings. The van der Waals surface area contributed by atoms with E-state index in [1.807, 2.05) is 72.5 Å². The van der Waals surface area contributed by atoms with Crippen LogP contribution in [0, 0.1) is 6.92 Å². The molecule has 0 saturated carbocycles. The van der Waals surface area contributed by atoms with E-state index >= 15 is 0 Å². The van der Waals surface area contributed by atoms with E-state index in [0.29, 0.717) is 5.56 Å². The molecule has 0 aliphatic carbocycles. The number of aryl methyl sites for hydroxylation is 1. The molecule has 1 N–H and O–H groups in total. The third-order valence-electron chi connectivity index (χ3n) is 8.22. The number of hydrogen-bond acceptors (Lipinski definition) is 6. The average molecular weight is 556 g/mol. The van der Waals surface area contributed by atoms with Crippen molar-refractivity contribution < 1.29 is 14.3 Å². The van der Waals surface area contributed by atoms with Crippen LogP contribution in [-0.2, 0) is 0 Å². The van der Waals surface area contributed by atoms with E-state index in [2.05, 4.69) is 34.1 Å². The Morgan fingerprint density at radius 2 is 1.44 bits per heavy atom. The van der Waals surface area contributed by atoms with Crippen molar-refractivity contribution in [2.45, 2.75) is 13.3 Å². The minimum Gasteiger partial charge on any atom is -0.495 e. The normalized spacial score (nSPS) is 16.8. The lowest BCUT2D eigenvalue weighted by atomic mass is 9.97. The Hall–Kier alpha value is -3.88. The highest BCUT2D eigenvalue weighted by molar-refractivity contribution is 6.05. The molecule has 3 aromatic rings. The second kappa shape index (κ2) is 12.7. The van der Waals surface area contributed by atoms with E-state index in [4.69, 9.17) is 4.74 Å². The quantitative estimate of drug-likeness (QED) is 0.485. The van der Waals surface area contributed by atoms with Gasteiger partial charge in [-0.1, -0.05) is 18.2 Å². The highest BCUT2D eigenvalue weighted by Crippen LogP contribution is 2.32. The summed E-state index contributed by atoms with van der Waals surface area (Å²) in [7, 11) is 5.91. The van der Waals surface area contributed by atoms with Gasteiger partial charge < -0.3 is 29.7 Å². The Balaban J connectivity index is 1.26. The molecule has 2 aliphatic heterocycles. The maximum absolute atomic E-state index is 13.1. The van der Waals surface area contributed by atoms with Crippen LogP contribution in [0.25, 0.3) is 11.1 Å². The molecule has 41 heavy (non-hydrogen) atoms. The molecular formula is C33H41N5O3. The topological polar surface area (TPSA) is 68.4 Å². The lowest BCUT2D eigenvalue weighted by molar-refractivity contribution is 0.0762. The first kappa shape index (κ1) is 28.6. The van der Waals surface area contributed by atoms with Crippen molar-refractivity contribution in [2.75, 3.05) is 83.8 Å². The fourth-order valence-electron chi connectivity index (χ4n) is 5.62. The van der Waals surface area contributed by atoms with E-state index in [0.717, 1.165) is 98.2 Å². The third kappa shape index (κ3) is 6.72. The number of hydrogen-bond donors (Lipinski definition) is 1. The SMILES string of the molecule is COc1ccc(NC(=O)c2ccc(-c3ccc(C(=O)N4CCCN(C)CC4)cc3C)cc2)cc1N1CCN(C)CC1. The fourth-order valence-corrected chi connectivity index (χ4v) is 5.62. The second-order valence-corrected chi connectivity index (χ2v) is 11.2. The summed E-state index contributed by atoms with van der Waals surface area (Å²) in [5.41, 5.74) is 6.14. The monoisotopic (exact) mass is 555 g/mol. The Morgan fingerprint density at radius 3 is 2.15 bits per heavy atom. The molecule has 0 spiro atoms. The van der Waals surface area contributed by atoms with Crippen molar-refractivity contribution in [1.82, 2.24) is 14.7 Å². The summed E-state index contributed by atoms with van der Waals surface area (Å²) in [6.45, 7) is 9.30. The van der Waals surface area contributed by atoms with Gasteiger partial charge in [-0.25, -0.2) is 0 Å². The first-order valence-electron chi connectivity index (χ1n) is 14.4. The molecule has 2 saturated heterocycles. The number of likely N-dealkylation sites (N-methyl/N-ethyl adjacent to an activating group) is 2. The maximum Gasteiger partial charge on any atom is 0.255 e. The van der Waals surface area contributed by atoms with Crippen LogP contribution in [0.2, 0.25) is 0 Å². The first-order chi connectivity index (χ1) is 19.8. The summed E-state index contributed by atoms with van der Waals surface area (Å²) in [5, 5.41) is 3.05. The van der Waals surface area contributed by atoms with Gasteiger partial charge in [0.05, 0.1) is 12.8 Å². The van der Waals surface area contributed by atoms with Crippen molar-refractivity contribution in [2.24, 2.45) is 0 Å². The number of anilines is 2. The molecular weight excluding hydrogens is 514 g/mol. The molecule has 8 nitrogen and oxygen atoms in total. The van der Waals surface area contributed by atoms with Gasteiger partial charge in [0.25, 0.3) is 11.8 Å². The van der Waals surface area contributed by atoms with E-state index in [1.165, 1.54) is 0 Å². The predicted octanol–water partition coefficient (Wildman–Crippen LogP) is 4.45. The van der Waals surface area contributed by atoms with Crippen LogP contribution < -0.4 is 15.0 Å². The van der Waals surface area contributed by atoms with Gasteiger partial charge in [0.1, 0.15) is 5.75 Å². The number of methoxy groups -OCH3 is 1. The minimum atomic E-state index is -0.160. The number of carbonyl (C=O) groups is 2. The lowest BCUT2D eigenvalue weighted by Crippen LogP contribution is -2.44. The van der Waals surface area contributed by atoms with E-state index in [9.17, 15) is 9.59 Å². The van der Waals surface area contributed by atoms with Gasteiger partial charge in [-0.05, 0) is 93.1 Å². The molecule has 0 unspecified atom stereocenters. The molecule has 0 bridgehead atoms. The number of ether oxygens (including phenoxy) is 1. The van der Waals surface area contributed by atoms with Gasteiger partial charge in [-0.3, -0.25) is 9.59 Å². The summed E-state index contributed by atoms with van der Waals surface area (Å²) >= 11 is 0. The maximum atomic E-state index is 13.1. The lowest BCUT2D eigenvalue weighted by Gasteiger charge is -2.34. The summed E-state index contributed by atoms with van der Waals surface area (Å²) in [4.78, 5) is 35.1. The van der Waals surface area contributed by atoms with Crippen LogP contribution in [0.5, 0.6) is 5.75 Å². The summed E-state index contributed by atoms with van der Waals surface area (Å²) in [6, 6.07) is 19.3. The van der Waals surface area contributed by atoms with E-state index in [1.54, 1.807) is 7.11 Å². The molecule has 0 atom stereocenters. The molecule has 8 heteroatoms. The van der Waals surface area contributed by atoms with Crippen molar-refractivity contribution in [3.63, 3.8) is 0 Å². The Morgan fingerprint density at radius 1 is 0.756 bits per heavy atom. The van der Waals surface area contributed by atoms with Gasteiger partial charge in [-0.2, -0.15) is 0 Å². The standard InChI is InChI=1S/C33H41N5O3/c1-24-22-27(33(40)38-15-5-14-35(2)18-21-38)10-12-29(24)25-6-8-26(9-7-25)32(39)34-28-11-13-31(41-4)30(23-28)37-19-16-36(3)17-20-37/h6-13,22-23H,5,14-21H2,1-4H3,(H,34,39). The predicted molar refractivity (Wildman–Crippen MR) is 165 cm³/mol. The number of nitrogens with zero attached hydrogens (tertiary/aromatic N) is 4. The molecule has 2 amide bonds. The average Bonchev–Trinajstić information content (AvgIpc) is 3.21. The van der Waals surface area contributed by atoms with Crippen molar-refractivity contribution in [3.8, 4) is 16.9 Å². The van der Waals surface area contributed by atoms with Gasteiger partial charge in [0.2, 0.25) is 0 Å². The zero-order valence-corrected chi connectivity index (χ0v) is 24.7. The number of rotatable bonds is 6. The van der Waals surface area contributed by atoms with Gasteiger partial charge in [0, 0.05) is 62.6 Å². The van der Waals surface area contributed by atoms with E-state index in [-0.39, 0.29) is 11.8 Å². The zero-order valence-electron chi connectivity index (χ0n) is 24.7. The van der Waals surface area contributed by atoms with Crippen LogP contribution >= 0.6 is 0 Å². The van der Waals surface area contributed by atoms with Crippen LogP contribution in [0.1, 0.15) is 32.7 Å². The molecule has 216 valence electrons. The number of nitrogens with one attached hydrogen (secondary N) is 1. The third-order valence-corrected chi connectivity index (χ3v) is 8.22. The number of amides is 2. The van der Waals surface area contributed by atoms with Crippen molar-refractivity contribution >= 4 is 23.2 Å². The van der Waals surface area contributed by atoms with Crippen LogP contribution in [0.3, 0.4) is 0 Å². The van der Waals surface area contributed by atoms with Gasteiger partial charge >= 0.3 is 0 Å². The van der Waals surface area contributed by atoms with Gasteiger partial charge in [0.15, 0.2) is 0 Å². The number of benzene rings is 3. The summed E-state index contributed by atoms with van der Waals surface area (Å²) < 4.78 is 5.60. The Bertz CT molecular complexity index is 1380. The fraction of sp³-hybridized carbons (Fsp3) is 0.394. The van der Waals surface area contributed by atoms with Crippen LogP contribution in [0.4, 0.5) is 11.4 Å². The molecule has 5 rings (SSSR count). The van der Waals surface area contributed by atoms with Gasteiger partial charge in [-0.15, -0.1) is 0 Å². The highest BCUT2D eigenvalue weighted by Gasteiger charge is 2.21. The van der Waals surface area contributed by atoms with Crippen LogP contribution in [-0.4, -0.2) is 100 Å². The van der Waals surface area contributed by atoms with Crippen LogP contribution in [0.15, 0.2) is 60.7 Å².